The number of aliphatic hydroxyl groups is 2. The van der Waals surface area contributed by atoms with Crippen molar-refractivity contribution in [1.29, 1.82) is 0 Å². The zero-order valence-electron chi connectivity index (χ0n) is 15.1. The Balaban J connectivity index is 0.000000443. The minimum atomic E-state index is -1.62. The third-order valence-electron chi connectivity index (χ3n) is 5.63. The quantitative estimate of drug-likeness (QED) is 0.641. The summed E-state index contributed by atoms with van der Waals surface area (Å²) < 4.78 is 0. The van der Waals surface area contributed by atoms with E-state index in [-0.39, 0.29) is 28.9 Å². The zero-order chi connectivity index (χ0) is 18.4. The molecule has 2 saturated carbocycles. The molecule has 2 atom stereocenters. The van der Waals surface area contributed by atoms with Gasteiger partial charge >= 0.3 is 17.1 Å². The maximum absolute atomic E-state index is 10.6. The van der Waals surface area contributed by atoms with Gasteiger partial charge in [0.05, 0.1) is 11.9 Å². The van der Waals surface area contributed by atoms with E-state index in [0.717, 1.165) is 64.2 Å². The molecule has 0 spiro atoms. The van der Waals surface area contributed by atoms with Crippen molar-refractivity contribution < 1.29 is 47.1 Å². The van der Waals surface area contributed by atoms with Gasteiger partial charge in [0.15, 0.2) is 0 Å². The standard InChI is InChI=1S/2C9H16O3.Cu/c2*1-9(12,8(10)11)7-5-3-2-4-6-7;/h2*7,12H,2-6H2,1H3,(H,10,11);/q;;+2/p-2. The van der Waals surface area contributed by atoms with Gasteiger partial charge in [-0.1, -0.05) is 38.5 Å². The number of carboxylic acid groups (broad SMARTS) is 2. The number of carbonyl (C=O) groups excluding carboxylic acids is 2. The molecule has 6 nitrogen and oxygen atoms in total. The molecule has 1 radical (unpaired) electrons. The summed E-state index contributed by atoms with van der Waals surface area (Å²) in [6.45, 7) is 2.69. The summed E-state index contributed by atoms with van der Waals surface area (Å²) >= 11 is 0. The molecule has 0 aromatic carbocycles. The summed E-state index contributed by atoms with van der Waals surface area (Å²) in [7, 11) is 0. The fourth-order valence-electron chi connectivity index (χ4n) is 3.66. The van der Waals surface area contributed by atoms with Gasteiger partial charge in [-0.05, 0) is 51.4 Å². The molecule has 0 bridgehead atoms. The van der Waals surface area contributed by atoms with Crippen LogP contribution in [0.15, 0.2) is 0 Å². The molecule has 2 fully saturated rings. The molecule has 149 valence electrons. The van der Waals surface area contributed by atoms with E-state index in [1.807, 2.05) is 0 Å². The van der Waals surface area contributed by atoms with Crippen LogP contribution in [0, 0.1) is 11.8 Å². The number of hydrogen-bond donors (Lipinski definition) is 2. The van der Waals surface area contributed by atoms with Crippen molar-refractivity contribution in [3.8, 4) is 0 Å². The van der Waals surface area contributed by atoms with Crippen LogP contribution in [0.5, 0.6) is 0 Å². The molecular weight excluding hydrogens is 376 g/mol. The Bertz CT molecular complexity index is 383. The van der Waals surface area contributed by atoms with Crippen LogP contribution in [-0.4, -0.2) is 33.4 Å². The fourth-order valence-corrected chi connectivity index (χ4v) is 3.66. The van der Waals surface area contributed by atoms with Crippen molar-refractivity contribution >= 4 is 11.9 Å². The predicted molar refractivity (Wildman–Crippen MR) is 84.4 cm³/mol. The van der Waals surface area contributed by atoms with E-state index in [4.69, 9.17) is 0 Å². The van der Waals surface area contributed by atoms with Gasteiger partial charge in [0, 0.05) is 0 Å². The monoisotopic (exact) mass is 405 g/mol. The molecular formula is C18H30CuO6. The summed E-state index contributed by atoms with van der Waals surface area (Å²) in [5.41, 5.74) is -3.25. The van der Waals surface area contributed by atoms with E-state index in [9.17, 15) is 30.0 Å². The van der Waals surface area contributed by atoms with E-state index in [2.05, 4.69) is 0 Å². The van der Waals surface area contributed by atoms with Crippen molar-refractivity contribution in [2.45, 2.75) is 89.3 Å². The first-order valence-electron chi connectivity index (χ1n) is 8.97. The first-order valence-corrected chi connectivity index (χ1v) is 8.97. The topological polar surface area (TPSA) is 121 Å². The Morgan fingerprint density at radius 1 is 0.720 bits per heavy atom. The molecule has 0 heterocycles. The van der Waals surface area contributed by atoms with Crippen LogP contribution in [0.25, 0.3) is 0 Å². The first kappa shape index (κ1) is 24.4. The maximum atomic E-state index is 10.6. The summed E-state index contributed by atoms with van der Waals surface area (Å²) in [6.07, 6.45) is 9.62. The van der Waals surface area contributed by atoms with Crippen LogP contribution >= 0.6 is 0 Å². The summed E-state index contributed by atoms with van der Waals surface area (Å²) in [5.74, 6) is -2.91. The van der Waals surface area contributed by atoms with Crippen LogP contribution in [0.4, 0.5) is 0 Å². The molecule has 2 N–H and O–H groups in total. The second kappa shape index (κ2) is 10.5. The SMILES string of the molecule is CC(O)(C(=O)[O-])C1CCCCC1.CC(O)(C(=O)[O-])C1CCCCC1.[Cu+2]. The van der Waals surface area contributed by atoms with E-state index in [0.29, 0.717) is 0 Å². The Hall–Kier alpha value is -0.621. The third kappa shape index (κ3) is 6.89. The minimum Gasteiger partial charge on any atom is -0.547 e. The van der Waals surface area contributed by atoms with Crippen molar-refractivity contribution in [2.24, 2.45) is 11.8 Å². The molecule has 0 aromatic rings. The fraction of sp³-hybridized carbons (Fsp3) is 0.889. The minimum absolute atomic E-state index is 0. The smallest absolute Gasteiger partial charge is 0.547 e. The van der Waals surface area contributed by atoms with Gasteiger partial charge in [-0.2, -0.15) is 0 Å². The van der Waals surface area contributed by atoms with Gasteiger partial charge in [-0.3, -0.25) is 0 Å². The van der Waals surface area contributed by atoms with E-state index in [1.165, 1.54) is 13.8 Å². The van der Waals surface area contributed by atoms with Crippen LogP contribution in [-0.2, 0) is 26.7 Å². The van der Waals surface area contributed by atoms with Gasteiger partial charge in [-0.15, -0.1) is 0 Å². The van der Waals surface area contributed by atoms with Gasteiger partial charge < -0.3 is 30.0 Å². The summed E-state index contributed by atoms with van der Waals surface area (Å²) in [6, 6.07) is 0. The van der Waals surface area contributed by atoms with E-state index in [1.54, 1.807) is 0 Å². The summed E-state index contributed by atoms with van der Waals surface area (Å²) in [4.78, 5) is 21.1. The molecule has 0 aromatic heterocycles. The number of aliphatic carboxylic acids is 2. The van der Waals surface area contributed by atoms with Gasteiger partial charge in [0.1, 0.15) is 11.2 Å². The van der Waals surface area contributed by atoms with Crippen LogP contribution in [0.1, 0.15) is 78.1 Å². The van der Waals surface area contributed by atoms with Crippen molar-refractivity contribution in [3.63, 3.8) is 0 Å². The number of carbonyl (C=O) groups is 2. The molecule has 0 amide bonds. The second-order valence-corrected chi connectivity index (χ2v) is 7.54. The summed E-state index contributed by atoms with van der Waals surface area (Å²) in [5, 5.41) is 40.2. The Labute approximate surface area is 160 Å². The van der Waals surface area contributed by atoms with E-state index < -0.39 is 23.1 Å². The number of hydrogen-bond acceptors (Lipinski definition) is 6. The number of rotatable bonds is 4. The van der Waals surface area contributed by atoms with Crippen molar-refractivity contribution in [2.75, 3.05) is 0 Å². The Kier molecular flexibility index (Phi) is 10.2. The van der Waals surface area contributed by atoms with Crippen molar-refractivity contribution in [3.05, 3.63) is 0 Å². The van der Waals surface area contributed by atoms with Gasteiger partial charge in [0.2, 0.25) is 0 Å². The van der Waals surface area contributed by atoms with E-state index >= 15 is 0 Å². The molecule has 2 aliphatic rings. The Morgan fingerprint density at radius 2 is 0.960 bits per heavy atom. The van der Waals surface area contributed by atoms with Gasteiger partial charge in [-0.25, -0.2) is 0 Å². The maximum Gasteiger partial charge on any atom is 2.00 e. The molecule has 0 aliphatic heterocycles. The molecule has 0 saturated heterocycles. The van der Waals surface area contributed by atoms with Crippen LogP contribution in [0.2, 0.25) is 0 Å². The molecule has 25 heavy (non-hydrogen) atoms. The normalized spacial score (nSPS) is 23.8. The predicted octanol–water partition coefficient (Wildman–Crippen LogP) is 0.133. The largest absolute Gasteiger partial charge is 2.00 e. The molecule has 2 unspecified atom stereocenters. The zero-order valence-corrected chi connectivity index (χ0v) is 16.0. The molecule has 2 aliphatic carbocycles. The third-order valence-corrected chi connectivity index (χ3v) is 5.63. The first-order chi connectivity index (χ1) is 11.1. The van der Waals surface area contributed by atoms with Crippen LogP contribution < -0.4 is 10.2 Å². The Morgan fingerprint density at radius 3 is 1.16 bits per heavy atom. The van der Waals surface area contributed by atoms with Crippen LogP contribution in [0.3, 0.4) is 0 Å². The molecule has 2 rings (SSSR count). The number of carboxylic acids is 2. The van der Waals surface area contributed by atoms with Gasteiger partial charge in [0.25, 0.3) is 0 Å². The average Bonchev–Trinajstić information content (AvgIpc) is 2.56. The average molecular weight is 406 g/mol. The molecule has 7 heteroatoms. The van der Waals surface area contributed by atoms with Crippen molar-refractivity contribution in [1.82, 2.24) is 0 Å². The second-order valence-electron chi connectivity index (χ2n) is 7.54.